The molecule has 3 rings (SSSR count). The van der Waals surface area contributed by atoms with Crippen LogP contribution in [0.5, 0.6) is 0 Å². The Kier molecular flexibility index (Phi) is 7.13. The summed E-state index contributed by atoms with van der Waals surface area (Å²) in [4.78, 5) is 39.2. The first-order valence-corrected chi connectivity index (χ1v) is 10.2. The Hall–Kier alpha value is -3.26. The van der Waals surface area contributed by atoms with Gasteiger partial charge in [-0.3, -0.25) is 24.7 Å². The Bertz CT molecular complexity index is 920. The Morgan fingerprint density at radius 1 is 1.03 bits per heavy atom. The molecule has 1 aliphatic rings. The molecule has 0 radical (unpaired) electrons. The van der Waals surface area contributed by atoms with Gasteiger partial charge in [-0.2, -0.15) is 0 Å². The van der Waals surface area contributed by atoms with E-state index in [1.165, 1.54) is 9.91 Å². The van der Waals surface area contributed by atoms with E-state index in [0.717, 1.165) is 5.56 Å². The highest BCUT2D eigenvalue weighted by Crippen LogP contribution is 2.19. The summed E-state index contributed by atoms with van der Waals surface area (Å²) < 4.78 is 0. The first-order valence-electron chi connectivity index (χ1n) is 9.82. The van der Waals surface area contributed by atoms with Crippen LogP contribution in [0.15, 0.2) is 60.7 Å². The molecule has 2 aromatic rings. The highest BCUT2D eigenvalue weighted by Gasteiger charge is 2.43. The standard InChI is InChI=1S/C22H24N4O3S/c1-2-25-21(29)18(15-19(27)23-14-13-16-9-5-3-6-10-16)26(22(25)30)24-20(28)17-11-7-4-8-12-17/h3-12,18H,2,13-15H2,1H3,(H,23,27)(H,24,28)/t18-/m1/s1. The third kappa shape index (κ3) is 5.01. The fourth-order valence-corrected chi connectivity index (χ4v) is 3.64. The van der Waals surface area contributed by atoms with Crippen LogP contribution >= 0.6 is 12.2 Å². The van der Waals surface area contributed by atoms with Gasteiger partial charge in [-0.05, 0) is 43.3 Å². The Balaban J connectivity index is 1.63. The third-order valence-corrected chi connectivity index (χ3v) is 5.25. The van der Waals surface area contributed by atoms with E-state index >= 15 is 0 Å². The molecule has 0 spiro atoms. The molecule has 1 heterocycles. The molecule has 0 aromatic heterocycles. The lowest BCUT2D eigenvalue weighted by Gasteiger charge is -2.24. The number of hydrogen-bond donors (Lipinski definition) is 2. The minimum absolute atomic E-state index is 0.0979. The fraction of sp³-hybridized carbons (Fsp3) is 0.273. The number of hydrogen-bond acceptors (Lipinski definition) is 4. The molecule has 1 aliphatic heterocycles. The molecule has 0 aliphatic carbocycles. The Morgan fingerprint density at radius 2 is 1.67 bits per heavy atom. The van der Waals surface area contributed by atoms with E-state index in [2.05, 4.69) is 10.7 Å². The topological polar surface area (TPSA) is 81.8 Å². The number of hydrazine groups is 1. The van der Waals surface area contributed by atoms with Crippen LogP contribution in [0.25, 0.3) is 0 Å². The maximum Gasteiger partial charge on any atom is 0.269 e. The molecule has 1 atom stereocenters. The Labute approximate surface area is 181 Å². The molecule has 156 valence electrons. The van der Waals surface area contributed by atoms with Crippen molar-refractivity contribution in [1.82, 2.24) is 20.7 Å². The van der Waals surface area contributed by atoms with E-state index < -0.39 is 11.9 Å². The van der Waals surface area contributed by atoms with E-state index in [-0.39, 0.29) is 23.3 Å². The van der Waals surface area contributed by atoms with Crippen molar-refractivity contribution in [3.05, 3.63) is 71.8 Å². The number of likely N-dealkylation sites (N-methyl/N-ethyl adjacent to an activating group) is 1. The maximum absolute atomic E-state index is 12.8. The highest BCUT2D eigenvalue weighted by molar-refractivity contribution is 7.80. The normalized spacial score (nSPS) is 16.0. The molecular weight excluding hydrogens is 400 g/mol. The van der Waals surface area contributed by atoms with Crippen LogP contribution in [0, 0.1) is 0 Å². The van der Waals surface area contributed by atoms with Crippen molar-refractivity contribution in [3.8, 4) is 0 Å². The zero-order valence-corrected chi connectivity index (χ0v) is 17.5. The van der Waals surface area contributed by atoms with Crippen LogP contribution in [0.2, 0.25) is 0 Å². The SMILES string of the molecule is CCN1C(=O)[C@@H](CC(=O)NCCc2ccccc2)N(NC(=O)c2ccccc2)C1=S. The molecule has 3 amide bonds. The van der Waals surface area contributed by atoms with Gasteiger partial charge in [-0.1, -0.05) is 48.5 Å². The van der Waals surface area contributed by atoms with E-state index in [0.29, 0.717) is 25.1 Å². The van der Waals surface area contributed by atoms with Crippen molar-refractivity contribution in [2.24, 2.45) is 0 Å². The molecule has 0 saturated carbocycles. The van der Waals surface area contributed by atoms with Crippen LogP contribution in [-0.2, 0) is 16.0 Å². The highest BCUT2D eigenvalue weighted by atomic mass is 32.1. The van der Waals surface area contributed by atoms with Crippen molar-refractivity contribution < 1.29 is 14.4 Å². The predicted molar refractivity (Wildman–Crippen MR) is 117 cm³/mol. The van der Waals surface area contributed by atoms with E-state index in [1.807, 2.05) is 36.4 Å². The summed E-state index contributed by atoms with van der Waals surface area (Å²) in [6.07, 6.45) is 0.596. The summed E-state index contributed by atoms with van der Waals surface area (Å²) in [7, 11) is 0. The molecule has 1 fully saturated rings. The summed E-state index contributed by atoms with van der Waals surface area (Å²) in [5.41, 5.74) is 4.24. The monoisotopic (exact) mass is 424 g/mol. The minimum atomic E-state index is -0.873. The first kappa shape index (κ1) is 21.4. The van der Waals surface area contributed by atoms with Crippen molar-refractivity contribution in [1.29, 1.82) is 0 Å². The van der Waals surface area contributed by atoms with E-state index in [9.17, 15) is 14.4 Å². The van der Waals surface area contributed by atoms with Gasteiger partial charge in [0.2, 0.25) is 5.91 Å². The predicted octanol–water partition coefficient (Wildman–Crippen LogP) is 1.90. The number of carbonyl (C=O) groups excluding carboxylic acids is 3. The number of amides is 3. The molecule has 8 heteroatoms. The van der Waals surface area contributed by atoms with Crippen LogP contribution < -0.4 is 10.7 Å². The zero-order chi connectivity index (χ0) is 21.5. The van der Waals surface area contributed by atoms with Gasteiger partial charge in [0.05, 0.1) is 6.42 Å². The first-order chi connectivity index (χ1) is 14.5. The minimum Gasteiger partial charge on any atom is -0.356 e. The number of nitrogens with one attached hydrogen (secondary N) is 2. The second-order valence-corrected chi connectivity index (χ2v) is 7.21. The fourth-order valence-electron chi connectivity index (χ4n) is 3.25. The van der Waals surface area contributed by atoms with Crippen LogP contribution in [0.1, 0.15) is 29.3 Å². The second kappa shape index (κ2) is 9.98. The van der Waals surface area contributed by atoms with Gasteiger partial charge in [0.25, 0.3) is 11.8 Å². The molecular formula is C22H24N4O3S. The summed E-state index contributed by atoms with van der Waals surface area (Å²) in [6.45, 7) is 2.62. The van der Waals surface area contributed by atoms with Crippen molar-refractivity contribution in [2.75, 3.05) is 13.1 Å². The number of carbonyl (C=O) groups is 3. The Morgan fingerprint density at radius 3 is 2.30 bits per heavy atom. The van der Waals surface area contributed by atoms with Crippen LogP contribution in [0.4, 0.5) is 0 Å². The van der Waals surface area contributed by atoms with Gasteiger partial charge < -0.3 is 5.32 Å². The summed E-state index contributed by atoms with van der Waals surface area (Å²) in [6, 6.07) is 17.6. The molecule has 2 N–H and O–H groups in total. The van der Waals surface area contributed by atoms with Gasteiger partial charge >= 0.3 is 0 Å². The zero-order valence-electron chi connectivity index (χ0n) is 16.7. The maximum atomic E-state index is 12.8. The van der Waals surface area contributed by atoms with Crippen molar-refractivity contribution in [3.63, 3.8) is 0 Å². The molecule has 0 unspecified atom stereocenters. The van der Waals surface area contributed by atoms with Crippen molar-refractivity contribution >= 4 is 35.1 Å². The number of nitrogens with zero attached hydrogens (tertiary/aromatic N) is 2. The van der Waals surface area contributed by atoms with Gasteiger partial charge in [-0.15, -0.1) is 0 Å². The number of thiocarbonyl (C=S) groups is 1. The molecule has 1 saturated heterocycles. The third-order valence-electron chi connectivity index (χ3n) is 4.83. The molecule has 7 nitrogen and oxygen atoms in total. The van der Waals surface area contributed by atoms with Crippen LogP contribution in [0.3, 0.4) is 0 Å². The average Bonchev–Trinajstić information content (AvgIpc) is 2.98. The number of benzene rings is 2. The lowest BCUT2D eigenvalue weighted by molar-refractivity contribution is -0.132. The average molecular weight is 425 g/mol. The largest absolute Gasteiger partial charge is 0.356 e. The number of rotatable bonds is 8. The van der Waals surface area contributed by atoms with Crippen LogP contribution in [-0.4, -0.2) is 51.9 Å². The quantitative estimate of drug-likeness (QED) is 0.633. The van der Waals surface area contributed by atoms with Gasteiger partial charge in [0.1, 0.15) is 6.04 Å². The van der Waals surface area contributed by atoms with E-state index in [4.69, 9.17) is 12.2 Å². The van der Waals surface area contributed by atoms with Gasteiger partial charge in [0, 0.05) is 18.7 Å². The van der Waals surface area contributed by atoms with Gasteiger partial charge in [-0.25, -0.2) is 5.01 Å². The lowest BCUT2D eigenvalue weighted by atomic mass is 10.1. The van der Waals surface area contributed by atoms with Gasteiger partial charge in [0.15, 0.2) is 5.11 Å². The smallest absolute Gasteiger partial charge is 0.269 e. The molecule has 0 bridgehead atoms. The summed E-state index contributed by atoms with van der Waals surface area (Å²) in [5, 5.41) is 4.35. The second-order valence-electron chi connectivity index (χ2n) is 6.85. The van der Waals surface area contributed by atoms with E-state index in [1.54, 1.807) is 31.2 Å². The summed E-state index contributed by atoms with van der Waals surface area (Å²) >= 11 is 5.37. The molecule has 2 aromatic carbocycles. The molecule has 30 heavy (non-hydrogen) atoms. The lowest BCUT2D eigenvalue weighted by Crippen LogP contribution is -2.50. The summed E-state index contributed by atoms with van der Waals surface area (Å²) in [5.74, 6) is -0.962. The van der Waals surface area contributed by atoms with Crippen molar-refractivity contribution in [2.45, 2.75) is 25.8 Å².